The molecule has 0 aromatic heterocycles. The monoisotopic (exact) mass is 463 g/mol. The summed E-state index contributed by atoms with van der Waals surface area (Å²) < 4.78 is 0. The summed E-state index contributed by atoms with van der Waals surface area (Å²) in [6, 6.07) is 2.33. The van der Waals surface area contributed by atoms with Crippen molar-refractivity contribution in [1.29, 1.82) is 5.26 Å². The minimum absolute atomic E-state index is 0.0321. The maximum atomic E-state index is 11.9. The number of nitriles is 1. The van der Waals surface area contributed by atoms with E-state index in [0.29, 0.717) is 50.7 Å². The first-order valence-corrected chi connectivity index (χ1v) is 12.9. The molecule has 2 amide bonds. The van der Waals surface area contributed by atoms with Gasteiger partial charge in [0.2, 0.25) is 11.8 Å². The molecule has 6 N–H and O–H groups in total. The Bertz CT molecular complexity index is 574. The number of nitrogens with one attached hydrogen (secondary N) is 2. The topological polar surface area (TPSA) is 134 Å². The van der Waals surface area contributed by atoms with E-state index in [1.54, 1.807) is 0 Å². The summed E-state index contributed by atoms with van der Waals surface area (Å²) in [7, 11) is 0. The quantitative estimate of drug-likeness (QED) is 0.152. The highest BCUT2D eigenvalue weighted by Crippen LogP contribution is 2.14. The fourth-order valence-electron chi connectivity index (χ4n) is 3.45. The second-order valence-corrected chi connectivity index (χ2v) is 9.33. The molecular weight excluding hydrogens is 414 g/mol. The van der Waals surface area contributed by atoms with Crippen LogP contribution < -0.4 is 22.1 Å². The fourth-order valence-corrected chi connectivity index (χ4v) is 3.45. The molecule has 3 unspecified atom stereocenters. The van der Waals surface area contributed by atoms with Gasteiger partial charge in [-0.1, -0.05) is 26.0 Å². The second-order valence-electron chi connectivity index (χ2n) is 9.33. The molecule has 0 aliphatic heterocycles. The molecular formula is C26H49N5O2. The number of nitrogens with zero attached hydrogens (tertiary/aromatic N) is 1. The molecule has 7 heteroatoms. The van der Waals surface area contributed by atoms with Crippen molar-refractivity contribution in [3.8, 4) is 6.07 Å². The highest BCUT2D eigenvalue weighted by atomic mass is 16.2. The molecule has 7 nitrogen and oxygen atoms in total. The van der Waals surface area contributed by atoms with Crippen molar-refractivity contribution in [3.05, 3.63) is 12.2 Å². The molecule has 190 valence electrons. The maximum absolute atomic E-state index is 11.9. The van der Waals surface area contributed by atoms with Crippen LogP contribution in [0.2, 0.25) is 0 Å². The summed E-state index contributed by atoms with van der Waals surface area (Å²) in [4.78, 5) is 23.7. The highest BCUT2D eigenvalue weighted by molar-refractivity contribution is 5.76. The van der Waals surface area contributed by atoms with E-state index < -0.39 is 0 Å². The number of hydrogen-bond donors (Lipinski definition) is 4. The van der Waals surface area contributed by atoms with E-state index in [9.17, 15) is 14.9 Å². The number of amides is 2. The van der Waals surface area contributed by atoms with Crippen LogP contribution >= 0.6 is 0 Å². The van der Waals surface area contributed by atoms with Crippen LogP contribution in [-0.2, 0) is 9.59 Å². The largest absolute Gasteiger partial charge is 0.356 e. The Balaban J connectivity index is 3.69. The maximum Gasteiger partial charge on any atom is 0.220 e. The molecule has 0 heterocycles. The molecule has 0 radical (unpaired) electrons. The van der Waals surface area contributed by atoms with Crippen LogP contribution in [0.5, 0.6) is 0 Å². The molecule has 0 spiro atoms. The molecule has 0 aromatic carbocycles. The lowest BCUT2D eigenvalue weighted by Crippen LogP contribution is -2.25. The van der Waals surface area contributed by atoms with Crippen LogP contribution in [0.1, 0.15) is 90.9 Å². The molecule has 0 aliphatic carbocycles. The molecule has 0 fully saturated rings. The average Bonchev–Trinajstić information content (AvgIpc) is 2.82. The average molecular weight is 464 g/mol. The van der Waals surface area contributed by atoms with E-state index in [4.69, 9.17) is 11.5 Å². The van der Waals surface area contributed by atoms with Crippen LogP contribution in [0.15, 0.2) is 12.2 Å². The van der Waals surface area contributed by atoms with Crippen molar-refractivity contribution in [2.24, 2.45) is 29.2 Å². The lowest BCUT2D eigenvalue weighted by Gasteiger charge is -2.10. The summed E-state index contributed by atoms with van der Waals surface area (Å²) >= 11 is 0. The van der Waals surface area contributed by atoms with Gasteiger partial charge in [-0.05, 0) is 89.1 Å². The number of carbonyl (C=O) groups excluding carboxylic acids is 2. The highest BCUT2D eigenvalue weighted by Gasteiger charge is 2.10. The zero-order chi connectivity index (χ0) is 24.7. The SMILES string of the molecule is CC(CN)CCCNC(=O)CCCC=CCCCC(C#N)CCC(=O)NCCCC(C)CN. The van der Waals surface area contributed by atoms with Crippen molar-refractivity contribution in [2.45, 2.75) is 90.9 Å². The van der Waals surface area contributed by atoms with E-state index in [1.165, 1.54) is 0 Å². The number of nitrogens with two attached hydrogens (primary N) is 2. The van der Waals surface area contributed by atoms with Crippen LogP contribution in [0.4, 0.5) is 0 Å². The normalized spacial score (nSPS) is 13.9. The lowest BCUT2D eigenvalue weighted by atomic mass is 9.98. The van der Waals surface area contributed by atoms with Crippen molar-refractivity contribution >= 4 is 11.8 Å². The van der Waals surface area contributed by atoms with Crippen LogP contribution in [0, 0.1) is 29.1 Å². The molecule has 33 heavy (non-hydrogen) atoms. The van der Waals surface area contributed by atoms with Gasteiger partial charge in [0, 0.05) is 31.8 Å². The molecule has 0 aliphatic rings. The second kappa shape index (κ2) is 21.9. The Morgan fingerprint density at radius 3 is 1.82 bits per heavy atom. The number of carbonyl (C=O) groups is 2. The molecule has 0 saturated heterocycles. The van der Waals surface area contributed by atoms with E-state index in [-0.39, 0.29) is 17.7 Å². The van der Waals surface area contributed by atoms with Gasteiger partial charge in [-0.2, -0.15) is 5.26 Å². The molecule has 0 saturated carbocycles. The predicted octanol–water partition coefficient (Wildman–Crippen LogP) is 3.79. The van der Waals surface area contributed by atoms with E-state index in [0.717, 1.165) is 64.3 Å². The summed E-state index contributed by atoms with van der Waals surface area (Å²) in [6.45, 7) is 7.03. The van der Waals surface area contributed by atoms with E-state index in [2.05, 4.69) is 42.7 Å². The van der Waals surface area contributed by atoms with Gasteiger partial charge < -0.3 is 22.1 Å². The minimum Gasteiger partial charge on any atom is -0.356 e. The van der Waals surface area contributed by atoms with Crippen LogP contribution in [0.25, 0.3) is 0 Å². The zero-order valence-electron chi connectivity index (χ0n) is 21.1. The summed E-state index contributed by atoms with van der Waals surface area (Å²) in [5.74, 6) is 1.09. The van der Waals surface area contributed by atoms with E-state index >= 15 is 0 Å². The van der Waals surface area contributed by atoms with Crippen molar-refractivity contribution in [1.82, 2.24) is 10.6 Å². The number of rotatable bonds is 21. The predicted molar refractivity (Wildman–Crippen MR) is 136 cm³/mol. The Morgan fingerprint density at radius 1 is 0.788 bits per heavy atom. The number of allylic oxidation sites excluding steroid dienone is 2. The third-order valence-corrected chi connectivity index (χ3v) is 5.96. The van der Waals surface area contributed by atoms with Crippen molar-refractivity contribution in [3.63, 3.8) is 0 Å². The fraction of sp³-hybridized carbons (Fsp3) is 0.808. The minimum atomic E-state index is -0.0713. The van der Waals surface area contributed by atoms with Gasteiger partial charge in [-0.3, -0.25) is 9.59 Å². The lowest BCUT2D eigenvalue weighted by molar-refractivity contribution is -0.122. The number of hydrogen-bond acceptors (Lipinski definition) is 5. The standard InChI is InChI=1S/C26H49N5O2/c1-22(19-27)11-9-17-30-25(32)14-8-6-4-3-5-7-13-24(21-29)15-16-26(33)31-18-10-12-23(2)20-28/h3-4,22-24H,5-20,27-28H2,1-2H3,(H,30,32)(H,31,33). The molecule has 0 rings (SSSR count). The van der Waals surface area contributed by atoms with Gasteiger partial charge in [0.1, 0.15) is 0 Å². The smallest absolute Gasteiger partial charge is 0.220 e. The molecule has 3 atom stereocenters. The van der Waals surface area contributed by atoms with Gasteiger partial charge in [0.05, 0.1) is 6.07 Å². The van der Waals surface area contributed by atoms with Gasteiger partial charge in [-0.25, -0.2) is 0 Å². The van der Waals surface area contributed by atoms with Crippen LogP contribution in [0.3, 0.4) is 0 Å². The molecule has 0 aromatic rings. The van der Waals surface area contributed by atoms with Gasteiger partial charge in [0.25, 0.3) is 0 Å². The molecule has 0 bridgehead atoms. The summed E-state index contributed by atoms with van der Waals surface area (Å²) in [5.41, 5.74) is 11.2. The Hall–Kier alpha value is -1.91. The van der Waals surface area contributed by atoms with Gasteiger partial charge in [-0.15, -0.1) is 0 Å². The summed E-state index contributed by atoms with van der Waals surface area (Å²) in [5, 5.41) is 15.2. The Kier molecular flexibility index (Phi) is 20.6. The Labute approximate surface area is 202 Å². The number of unbranched alkanes of at least 4 members (excludes halogenated alkanes) is 2. The third-order valence-electron chi connectivity index (χ3n) is 5.96. The van der Waals surface area contributed by atoms with E-state index in [1.807, 2.05) is 0 Å². The van der Waals surface area contributed by atoms with Crippen molar-refractivity contribution < 1.29 is 9.59 Å². The first-order chi connectivity index (χ1) is 15.9. The first kappa shape index (κ1) is 31.1. The zero-order valence-corrected chi connectivity index (χ0v) is 21.1. The van der Waals surface area contributed by atoms with Gasteiger partial charge >= 0.3 is 0 Å². The third kappa shape index (κ3) is 20.4. The summed E-state index contributed by atoms with van der Waals surface area (Å²) in [6.07, 6.45) is 14.3. The van der Waals surface area contributed by atoms with Crippen molar-refractivity contribution in [2.75, 3.05) is 26.2 Å². The van der Waals surface area contributed by atoms with Gasteiger partial charge in [0.15, 0.2) is 0 Å². The Morgan fingerprint density at radius 2 is 1.30 bits per heavy atom. The van der Waals surface area contributed by atoms with Crippen LogP contribution in [-0.4, -0.2) is 38.0 Å². The first-order valence-electron chi connectivity index (χ1n) is 12.9.